The molecule has 5 nitrogen and oxygen atoms in total. The van der Waals surface area contributed by atoms with E-state index < -0.39 is 0 Å². The predicted octanol–water partition coefficient (Wildman–Crippen LogP) is 2.56. The van der Waals surface area contributed by atoms with Crippen molar-refractivity contribution in [2.75, 3.05) is 0 Å². The summed E-state index contributed by atoms with van der Waals surface area (Å²) in [5.74, 6) is -0.0801. The second-order valence-electron chi connectivity index (χ2n) is 5.80. The molecule has 5 heteroatoms. The normalized spacial score (nSPS) is 17.8. The van der Waals surface area contributed by atoms with Gasteiger partial charge in [0.15, 0.2) is 0 Å². The minimum Gasteiger partial charge on any atom is -0.345 e. The Bertz CT molecular complexity index is 616. The van der Waals surface area contributed by atoms with Gasteiger partial charge >= 0.3 is 0 Å². The summed E-state index contributed by atoms with van der Waals surface area (Å²) in [6, 6.07) is 6.12. The molecule has 1 amide bonds. The number of nitrogens with zero attached hydrogens (tertiary/aromatic N) is 1. The maximum Gasteiger partial charge on any atom is 0.254 e. The molecule has 1 atom stereocenters. The van der Waals surface area contributed by atoms with E-state index in [0.29, 0.717) is 11.6 Å². The number of imidazole rings is 1. The Balaban J connectivity index is 1.64. The van der Waals surface area contributed by atoms with Gasteiger partial charge in [-0.1, -0.05) is 25.3 Å². The van der Waals surface area contributed by atoms with E-state index in [9.17, 15) is 4.79 Å². The zero-order valence-electron chi connectivity index (χ0n) is 12.4. The molecule has 1 unspecified atom stereocenters. The number of carbonyl (C=O) groups is 1. The maximum absolute atomic E-state index is 12.4. The average Bonchev–Trinajstić information content (AvgIpc) is 2.96. The Morgan fingerprint density at radius 3 is 2.95 bits per heavy atom. The third-order valence-electron chi connectivity index (χ3n) is 4.13. The van der Waals surface area contributed by atoms with Crippen LogP contribution in [-0.2, 0) is 0 Å². The lowest BCUT2D eigenvalue weighted by molar-refractivity contribution is 0.0930. The number of nitrogens with one attached hydrogen (secondary N) is 3. The van der Waals surface area contributed by atoms with Crippen molar-refractivity contribution in [3.63, 3.8) is 0 Å². The molecule has 21 heavy (non-hydrogen) atoms. The predicted molar refractivity (Wildman–Crippen MR) is 83.0 cm³/mol. The second kappa shape index (κ2) is 6.26. The van der Waals surface area contributed by atoms with Crippen molar-refractivity contribution in [1.82, 2.24) is 20.6 Å². The van der Waals surface area contributed by atoms with Gasteiger partial charge in [-0.15, -0.1) is 0 Å². The molecular weight excluding hydrogens is 264 g/mol. The molecule has 0 aliphatic heterocycles. The van der Waals surface area contributed by atoms with Crippen LogP contribution >= 0.6 is 0 Å². The van der Waals surface area contributed by atoms with Crippen LogP contribution in [0.3, 0.4) is 0 Å². The lowest BCUT2D eigenvalue weighted by Crippen LogP contribution is -2.48. The van der Waals surface area contributed by atoms with Crippen molar-refractivity contribution in [2.45, 2.75) is 51.2 Å². The second-order valence-corrected chi connectivity index (χ2v) is 5.80. The third kappa shape index (κ3) is 3.24. The van der Waals surface area contributed by atoms with Crippen LogP contribution in [0.25, 0.3) is 11.0 Å². The van der Waals surface area contributed by atoms with E-state index in [4.69, 9.17) is 0 Å². The van der Waals surface area contributed by atoms with Gasteiger partial charge in [-0.2, -0.15) is 0 Å². The van der Waals surface area contributed by atoms with Crippen LogP contribution in [0.5, 0.6) is 0 Å². The zero-order chi connectivity index (χ0) is 14.7. The van der Waals surface area contributed by atoms with E-state index in [1.54, 1.807) is 6.33 Å². The molecule has 0 saturated heterocycles. The molecule has 0 radical (unpaired) electrons. The Hall–Kier alpha value is -1.88. The van der Waals surface area contributed by atoms with Crippen molar-refractivity contribution >= 4 is 16.9 Å². The molecule has 1 aromatic heterocycles. The molecule has 2 aromatic rings. The Labute approximate surface area is 124 Å². The quantitative estimate of drug-likeness (QED) is 0.757. The Morgan fingerprint density at radius 2 is 2.14 bits per heavy atom. The van der Waals surface area contributed by atoms with Crippen LogP contribution in [0.15, 0.2) is 24.5 Å². The van der Waals surface area contributed by atoms with Gasteiger partial charge in [-0.05, 0) is 31.9 Å². The number of carbonyl (C=O) groups excluding carboxylic acids is 1. The number of para-hydroxylation sites is 1. The Kier molecular flexibility index (Phi) is 4.20. The number of aromatic amines is 1. The van der Waals surface area contributed by atoms with Gasteiger partial charge < -0.3 is 10.3 Å². The zero-order valence-corrected chi connectivity index (χ0v) is 12.4. The van der Waals surface area contributed by atoms with Crippen molar-refractivity contribution in [2.24, 2.45) is 0 Å². The lowest BCUT2D eigenvalue weighted by Gasteiger charge is -2.27. The summed E-state index contributed by atoms with van der Waals surface area (Å²) in [4.78, 5) is 19.7. The standard InChI is InChI=1S/C16H22N4O/c1-11(19-12-6-3-2-4-7-12)20-16(21)13-8-5-9-14-15(13)18-10-17-14/h5,8-12,19H,2-4,6-7H2,1H3,(H,17,18)(H,20,21). The first kappa shape index (κ1) is 14.1. The molecule has 1 fully saturated rings. The number of hydrogen-bond acceptors (Lipinski definition) is 3. The minimum absolute atomic E-state index is 0.0326. The molecule has 1 aromatic carbocycles. The fourth-order valence-corrected chi connectivity index (χ4v) is 3.09. The van der Waals surface area contributed by atoms with Gasteiger partial charge in [0, 0.05) is 6.04 Å². The minimum atomic E-state index is -0.0801. The van der Waals surface area contributed by atoms with Gasteiger partial charge in [-0.3, -0.25) is 10.1 Å². The highest BCUT2D eigenvalue weighted by molar-refractivity contribution is 6.04. The summed E-state index contributed by atoms with van der Waals surface area (Å²) in [7, 11) is 0. The van der Waals surface area contributed by atoms with Crippen molar-refractivity contribution in [1.29, 1.82) is 0 Å². The summed E-state index contributed by atoms with van der Waals surface area (Å²) in [5, 5.41) is 6.52. The molecular formula is C16H22N4O. The van der Waals surface area contributed by atoms with Gasteiger partial charge in [-0.25, -0.2) is 4.98 Å². The van der Waals surface area contributed by atoms with Gasteiger partial charge in [0.05, 0.1) is 23.6 Å². The van der Waals surface area contributed by atoms with Crippen LogP contribution in [-0.4, -0.2) is 28.1 Å². The molecule has 0 spiro atoms. The highest BCUT2D eigenvalue weighted by Gasteiger charge is 2.18. The summed E-state index contributed by atoms with van der Waals surface area (Å²) < 4.78 is 0. The molecule has 3 N–H and O–H groups in total. The fraction of sp³-hybridized carbons (Fsp3) is 0.500. The van der Waals surface area contributed by atoms with Crippen LogP contribution in [0, 0.1) is 0 Å². The van der Waals surface area contributed by atoms with Crippen molar-refractivity contribution < 1.29 is 4.79 Å². The summed E-state index contributed by atoms with van der Waals surface area (Å²) in [5.41, 5.74) is 2.22. The summed E-state index contributed by atoms with van der Waals surface area (Å²) in [6.45, 7) is 2.00. The first-order chi connectivity index (χ1) is 10.2. The number of aromatic nitrogens is 2. The Morgan fingerprint density at radius 1 is 1.33 bits per heavy atom. The highest BCUT2D eigenvalue weighted by Crippen LogP contribution is 2.18. The largest absolute Gasteiger partial charge is 0.345 e. The van der Waals surface area contributed by atoms with Crippen LogP contribution < -0.4 is 10.6 Å². The number of hydrogen-bond donors (Lipinski definition) is 3. The monoisotopic (exact) mass is 286 g/mol. The average molecular weight is 286 g/mol. The molecule has 1 saturated carbocycles. The number of H-pyrrole nitrogens is 1. The van der Waals surface area contributed by atoms with E-state index in [-0.39, 0.29) is 12.1 Å². The molecule has 1 heterocycles. The first-order valence-electron chi connectivity index (χ1n) is 7.73. The molecule has 3 rings (SSSR count). The van der Waals surface area contributed by atoms with E-state index in [2.05, 4.69) is 20.6 Å². The molecule has 0 bridgehead atoms. The number of benzene rings is 1. The van der Waals surface area contributed by atoms with Gasteiger partial charge in [0.25, 0.3) is 5.91 Å². The van der Waals surface area contributed by atoms with E-state index in [1.807, 2.05) is 25.1 Å². The van der Waals surface area contributed by atoms with Crippen molar-refractivity contribution in [3.8, 4) is 0 Å². The van der Waals surface area contributed by atoms with Crippen LogP contribution in [0.4, 0.5) is 0 Å². The lowest BCUT2D eigenvalue weighted by atomic mass is 9.95. The number of rotatable bonds is 4. The molecule has 1 aliphatic carbocycles. The van der Waals surface area contributed by atoms with E-state index >= 15 is 0 Å². The van der Waals surface area contributed by atoms with E-state index in [0.717, 1.165) is 11.0 Å². The van der Waals surface area contributed by atoms with Crippen LogP contribution in [0.1, 0.15) is 49.4 Å². The number of fused-ring (bicyclic) bond motifs is 1. The highest BCUT2D eigenvalue weighted by atomic mass is 16.1. The summed E-state index contributed by atoms with van der Waals surface area (Å²) in [6.07, 6.45) is 7.89. The maximum atomic E-state index is 12.4. The summed E-state index contributed by atoms with van der Waals surface area (Å²) >= 11 is 0. The van der Waals surface area contributed by atoms with Crippen LogP contribution in [0.2, 0.25) is 0 Å². The van der Waals surface area contributed by atoms with Gasteiger partial charge in [0.2, 0.25) is 0 Å². The van der Waals surface area contributed by atoms with Gasteiger partial charge in [0.1, 0.15) is 5.52 Å². The number of amides is 1. The molecule has 112 valence electrons. The first-order valence-corrected chi connectivity index (χ1v) is 7.73. The molecule has 1 aliphatic rings. The third-order valence-corrected chi connectivity index (χ3v) is 4.13. The van der Waals surface area contributed by atoms with Crippen molar-refractivity contribution in [3.05, 3.63) is 30.1 Å². The smallest absolute Gasteiger partial charge is 0.254 e. The fourth-order valence-electron chi connectivity index (χ4n) is 3.09. The SMILES string of the molecule is CC(NC(=O)c1cccc2[nH]cnc12)NC1CCCCC1. The topological polar surface area (TPSA) is 69.8 Å². The van der Waals surface area contributed by atoms with E-state index in [1.165, 1.54) is 32.1 Å².